The minimum Gasteiger partial charge on any atom is -0.368 e. The smallest absolute Gasteiger partial charge is 0.253 e. The lowest BCUT2D eigenvalue weighted by atomic mass is 10.1. The first-order valence-electron chi connectivity index (χ1n) is 6.58. The number of rotatable bonds is 5. The van der Waals surface area contributed by atoms with E-state index in [0.717, 1.165) is 12.0 Å². The van der Waals surface area contributed by atoms with Gasteiger partial charge in [-0.1, -0.05) is 23.7 Å². The van der Waals surface area contributed by atoms with Crippen molar-refractivity contribution in [3.05, 3.63) is 52.9 Å². The van der Waals surface area contributed by atoms with Crippen LogP contribution in [0.4, 0.5) is 5.82 Å². The van der Waals surface area contributed by atoms with Crippen LogP contribution in [-0.4, -0.2) is 41.4 Å². The maximum Gasteiger partial charge on any atom is 0.253 e. The monoisotopic (exact) mass is 304 g/mol. The van der Waals surface area contributed by atoms with Gasteiger partial charge in [0.15, 0.2) is 0 Å². The fourth-order valence-corrected chi connectivity index (χ4v) is 2.03. The molecule has 0 unspecified atom stereocenters. The molecule has 21 heavy (non-hydrogen) atoms. The van der Waals surface area contributed by atoms with Gasteiger partial charge in [0.2, 0.25) is 0 Å². The molecule has 0 spiro atoms. The Morgan fingerprint density at radius 3 is 2.86 bits per heavy atom. The summed E-state index contributed by atoms with van der Waals surface area (Å²) in [5, 5.41) is 3.51. The van der Waals surface area contributed by atoms with E-state index in [1.807, 2.05) is 24.3 Å². The summed E-state index contributed by atoms with van der Waals surface area (Å²) in [5.74, 6) is 0.647. The Hall–Kier alpha value is -2.14. The first kappa shape index (κ1) is 15.3. The molecule has 2 aromatic rings. The largest absolute Gasteiger partial charge is 0.368 e. The minimum atomic E-state index is 0.00511. The summed E-state index contributed by atoms with van der Waals surface area (Å²) in [5.41, 5.74) is 1.78. The summed E-state index contributed by atoms with van der Waals surface area (Å²) in [7, 11) is 3.49. The Balaban J connectivity index is 1.94. The topological polar surface area (TPSA) is 58.1 Å². The van der Waals surface area contributed by atoms with Crippen molar-refractivity contribution in [2.45, 2.75) is 6.42 Å². The second-order valence-electron chi connectivity index (χ2n) is 4.80. The number of nitrogens with zero attached hydrogens (tertiary/aromatic N) is 3. The Morgan fingerprint density at radius 2 is 2.14 bits per heavy atom. The number of nitrogens with one attached hydrogen (secondary N) is 1. The van der Waals surface area contributed by atoms with Crippen LogP contribution in [0, 0.1) is 0 Å². The van der Waals surface area contributed by atoms with Crippen molar-refractivity contribution < 1.29 is 4.79 Å². The molecule has 0 aliphatic carbocycles. The van der Waals surface area contributed by atoms with E-state index in [1.165, 1.54) is 6.20 Å². The van der Waals surface area contributed by atoms with Gasteiger partial charge in [-0.3, -0.25) is 9.78 Å². The van der Waals surface area contributed by atoms with Gasteiger partial charge in [-0.05, 0) is 24.1 Å². The number of carbonyl (C=O) groups is 1. The molecule has 0 saturated carbocycles. The number of hydrogen-bond acceptors (Lipinski definition) is 4. The van der Waals surface area contributed by atoms with Crippen molar-refractivity contribution in [2.24, 2.45) is 0 Å². The number of hydrogen-bond donors (Lipinski definition) is 1. The molecule has 110 valence electrons. The molecule has 1 N–H and O–H groups in total. The van der Waals surface area contributed by atoms with Crippen LogP contribution in [-0.2, 0) is 6.42 Å². The number of halogens is 1. The highest BCUT2D eigenvalue weighted by Crippen LogP contribution is 2.10. The molecule has 6 heteroatoms. The van der Waals surface area contributed by atoms with E-state index >= 15 is 0 Å². The number of amides is 1. The molecule has 0 bridgehead atoms. The summed E-state index contributed by atoms with van der Waals surface area (Å²) in [6.45, 7) is 0.689. The number of carbonyl (C=O) groups excluding carboxylic acids is 1. The van der Waals surface area contributed by atoms with E-state index < -0.39 is 0 Å². The molecule has 0 aliphatic rings. The Labute approximate surface area is 129 Å². The zero-order valence-corrected chi connectivity index (χ0v) is 12.8. The molecule has 0 radical (unpaired) electrons. The van der Waals surface area contributed by atoms with Gasteiger partial charge in [0, 0.05) is 26.2 Å². The molecule has 0 atom stereocenters. The van der Waals surface area contributed by atoms with Crippen LogP contribution in [0.15, 0.2) is 36.7 Å². The van der Waals surface area contributed by atoms with Crippen molar-refractivity contribution in [3.63, 3.8) is 0 Å². The highest BCUT2D eigenvalue weighted by molar-refractivity contribution is 6.29. The van der Waals surface area contributed by atoms with Crippen LogP contribution in [0.5, 0.6) is 0 Å². The van der Waals surface area contributed by atoms with Crippen LogP contribution in [0.25, 0.3) is 0 Å². The second kappa shape index (κ2) is 7.04. The zero-order chi connectivity index (χ0) is 15.2. The third kappa shape index (κ3) is 4.43. The van der Waals surface area contributed by atoms with E-state index in [9.17, 15) is 4.79 Å². The third-order valence-corrected chi connectivity index (χ3v) is 3.09. The first-order chi connectivity index (χ1) is 10.1. The number of benzene rings is 1. The Kier molecular flexibility index (Phi) is 5.11. The molecular formula is C15H17ClN4O. The van der Waals surface area contributed by atoms with Gasteiger partial charge < -0.3 is 10.2 Å². The quantitative estimate of drug-likeness (QED) is 0.922. The van der Waals surface area contributed by atoms with Crippen LogP contribution in [0.1, 0.15) is 15.9 Å². The van der Waals surface area contributed by atoms with E-state index in [-0.39, 0.29) is 5.91 Å². The molecule has 1 aromatic carbocycles. The SMILES string of the molecule is CN(C)C(=O)c1cccc(CCNc2cncc(Cl)n2)c1. The highest BCUT2D eigenvalue weighted by Gasteiger charge is 2.07. The van der Waals surface area contributed by atoms with Crippen LogP contribution >= 0.6 is 11.6 Å². The van der Waals surface area contributed by atoms with Crippen molar-refractivity contribution in [2.75, 3.05) is 26.0 Å². The lowest BCUT2D eigenvalue weighted by molar-refractivity contribution is 0.0827. The molecule has 1 heterocycles. The fourth-order valence-electron chi connectivity index (χ4n) is 1.88. The first-order valence-corrected chi connectivity index (χ1v) is 6.96. The normalized spacial score (nSPS) is 10.2. The standard InChI is InChI=1S/C15H17ClN4O/c1-20(2)15(21)12-5-3-4-11(8-12)6-7-18-14-10-17-9-13(16)19-14/h3-5,8-10H,6-7H2,1-2H3,(H,18,19). The van der Waals surface area contributed by atoms with Crippen molar-refractivity contribution in [3.8, 4) is 0 Å². The van der Waals surface area contributed by atoms with Gasteiger partial charge in [-0.15, -0.1) is 0 Å². The van der Waals surface area contributed by atoms with E-state index in [2.05, 4.69) is 15.3 Å². The van der Waals surface area contributed by atoms with Gasteiger partial charge in [-0.2, -0.15) is 0 Å². The number of aromatic nitrogens is 2. The summed E-state index contributed by atoms with van der Waals surface area (Å²) < 4.78 is 0. The van der Waals surface area contributed by atoms with E-state index in [0.29, 0.717) is 23.1 Å². The third-order valence-electron chi connectivity index (χ3n) is 2.91. The average Bonchev–Trinajstić information content (AvgIpc) is 2.47. The Bertz CT molecular complexity index is 631. The minimum absolute atomic E-state index is 0.00511. The Morgan fingerprint density at radius 1 is 1.33 bits per heavy atom. The summed E-state index contributed by atoms with van der Waals surface area (Å²) in [6, 6.07) is 7.62. The van der Waals surface area contributed by atoms with Crippen molar-refractivity contribution >= 4 is 23.3 Å². The molecule has 1 amide bonds. The molecule has 2 rings (SSSR count). The van der Waals surface area contributed by atoms with Crippen LogP contribution in [0.3, 0.4) is 0 Å². The van der Waals surface area contributed by atoms with E-state index in [1.54, 1.807) is 25.2 Å². The number of anilines is 1. The lowest BCUT2D eigenvalue weighted by Crippen LogP contribution is -2.21. The van der Waals surface area contributed by atoms with E-state index in [4.69, 9.17) is 11.6 Å². The second-order valence-corrected chi connectivity index (χ2v) is 5.19. The van der Waals surface area contributed by atoms with Gasteiger partial charge in [-0.25, -0.2) is 4.98 Å². The van der Waals surface area contributed by atoms with Gasteiger partial charge in [0.1, 0.15) is 11.0 Å². The predicted octanol–water partition coefficient (Wildman–Crippen LogP) is 2.49. The average molecular weight is 305 g/mol. The van der Waals surface area contributed by atoms with Crippen LogP contribution in [0.2, 0.25) is 5.15 Å². The van der Waals surface area contributed by atoms with Crippen molar-refractivity contribution in [1.29, 1.82) is 0 Å². The molecule has 5 nitrogen and oxygen atoms in total. The van der Waals surface area contributed by atoms with Gasteiger partial charge >= 0.3 is 0 Å². The fraction of sp³-hybridized carbons (Fsp3) is 0.267. The molecule has 0 saturated heterocycles. The predicted molar refractivity (Wildman–Crippen MR) is 83.7 cm³/mol. The highest BCUT2D eigenvalue weighted by atomic mass is 35.5. The molecule has 0 aliphatic heterocycles. The molecule has 1 aromatic heterocycles. The molecular weight excluding hydrogens is 288 g/mol. The summed E-state index contributed by atoms with van der Waals surface area (Å²) in [4.78, 5) is 21.5. The molecule has 0 fully saturated rings. The maximum absolute atomic E-state index is 11.9. The van der Waals surface area contributed by atoms with Crippen molar-refractivity contribution in [1.82, 2.24) is 14.9 Å². The zero-order valence-electron chi connectivity index (χ0n) is 12.0. The lowest BCUT2D eigenvalue weighted by Gasteiger charge is -2.11. The van der Waals surface area contributed by atoms with Crippen LogP contribution < -0.4 is 5.32 Å². The maximum atomic E-state index is 11.9. The van der Waals surface area contributed by atoms with Gasteiger partial charge in [0.05, 0.1) is 12.4 Å². The summed E-state index contributed by atoms with van der Waals surface area (Å²) in [6.07, 6.45) is 3.89. The van der Waals surface area contributed by atoms with Gasteiger partial charge in [0.25, 0.3) is 5.91 Å². The summed E-state index contributed by atoms with van der Waals surface area (Å²) >= 11 is 5.77.